The zero-order chi connectivity index (χ0) is 12.6. The number of hydrogen-bond acceptors (Lipinski definition) is 3. The van der Waals surface area contributed by atoms with Gasteiger partial charge in [0.1, 0.15) is 0 Å². The molecular formula is C11H7BrClNO2S. The second-order valence-electron chi connectivity index (χ2n) is 3.34. The van der Waals surface area contributed by atoms with Crippen molar-refractivity contribution in [2.45, 2.75) is 6.92 Å². The van der Waals surface area contributed by atoms with E-state index >= 15 is 0 Å². The number of thiazole rings is 1. The lowest BCUT2D eigenvalue weighted by molar-refractivity contribution is 0.0692. The van der Waals surface area contributed by atoms with Crippen LogP contribution in [0.25, 0.3) is 10.4 Å². The Bertz CT molecular complexity index is 597. The van der Waals surface area contributed by atoms with Crippen molar-refractivity contribution in [1.29, 1.82) is 0 Å². The first-order chi connectivity index (χ1) is 7.99. The summed E-state index contributed by atoms with van der Waals surface area (Å²) in [5.74, 6) is -1.02. The second kappa shape index (κ2) is 4.76. The Morgan fingerprint density at radius 3 is 2.82 bits per heavy atom. The molecule has 0 fully saturated rings. The maximum atomic E-state index is 11.1. The Balaban J connectivity index is 2.63. The fraction of sp³-hybridized carbons (Fsp3) is 0.0909. The van der Waals surface area contributed by atoms with Crippen LogP contribution in [0, 0.1) is 6.92 Å². The number of carboxylic acid groups (broad SMARTS) is 1. The Morgan fingerprint density at radius 2 is 2.24 bits per heavy atom. The molecule has 6 heteroatoms. The van der Waals surface area contributed by atoms with Crippen LogP contribution in [0.4, 0.5) is 0 Å². The minimum atomic E-state index is -1.02. The van der Waals surface area contributed by atoms with Gasteiger partial charge in [0.05, 0.1) is 9.88 Å². The van der Waals surface area contributed by atoms with E-state index in [-0.39, 0.29) is 5.69 Å². The maximum Gasteiger partial charge on any atom is 0.356 e. The van der Waals surface area contributed by atoms with Crippen LogP contribution in [0.3, 0.4) is 0 Å². The molecule has 1 N–H and O–H groups in total. The molecule has 1 aromatic heterocycles. The fourth-order valence-corrected chi connectivity index (χ4v) is 3.39. The van der Waals surface area contributed by atoms with Gasteiger partial charge < -0.3 is 5.11 Å². The largest absolute Gasteiger partial charge is 0.476 e. The van der Waals surface area contributed by atoms with Crippen molar-refractivity contribution in [3.05, 3.63) is 38.4 Å². The smallest absolute Gasteiger partial charge is 0.356 e. The van der Waals surface area contributed by atoms with E-state index in [0.717, 1.165) is 15.0 Å². The highest BCUT2D eigenvalue weighted by atomic mass is 79.9. The van der Waals surface area contributed by atoms with Gasteiger partial charge in [-0.15, -0.1) is 11.3 Å². The van der Waals surface area contributed by atoms with E-state index in [1.807, 2.05) is 0 Å². The van der Waals surface area contributed by atoms with Gasteiger partial charge in [-0.1, -0.05) is 33.6 Å². The molecule has 1 aromatic carbocycles. The molecule has 2 aromatic rings. The van der Waals surface area contributed by atoms with Crippen molar-refractivity contribution >= 4 is 44.8 Å². The van der Waals surface area contributed by atoms with Gasteiger partial charge in [-0.05, 0) is 19.1 Å². The van der Waals surface area contributed by atoms with Crippen LogP contribution in [-0.2, 0) is 0 Å². The van der Waals surface area contributed by atoms with Gasteiger partial charge in [0.2, 0.25) is 0 Å². The lowest BCUT2D eigenvalue weighted by Gasteiger charge is -2.03. The van der Waals surface area contributed by atoms with Crippen molar-refractivity contribution in [2.24, 2.45) is 0 Å². The van der Waals surface area contributed by atoms with Crippen LogP contribution in [0.1, 0.15) is 15.5 Å². The van der Waals surface area contributed by atoms with Crippen molar-refractivity contribution in [3.63, 3.8) is 0 Å². The SMILES string of the molecule is Cc1nc(C(=O)O)c(-c2ccc(Cl)cc2Br)s1. The minimum Gasteiger partial charge on any atom is -0.476 e. The van der Waals surface area contributed by atoms with E-state index in [4.69, 9.17) is 16.7 Å². The molecule has 0 saturated carbocycles. The summed E-state index contributed by atoms with van der Waals surface area (Å²) < 4.78 is 0.760. The first-order valence-corrected chi connectivity index (χ1v) is 6.64. The molecular weight excluding hydrogens is 326 g/mol. The van der Waals surface area contributed by atoms with Crippen molar-refractivity contribution in [2.75, 3.05) is 0 Å². The highest BCUT2D eigenvalue weighted by Crippen LogP contribution is 2.36. The fourth-order valence-electron chi connectivity index (χ4n) is 1.43. The molecule has 0 bridgehead atoms. The van der Waals surface area contributed by atoms with Gasteiger partial charge in [-0.2, -0.15) is 0 Å². The molecule has 0 atom stereocenters. The van der Waals surface area contributed by atoms with Crippen LogP contribution in [0.2, 0.25) is 5.02 Å². The second-order valence-corrected chi connectivity index (χ2v) is 5.83. The molecule has 0 saturated heterocycles. The number of aromatic carboxylic acids is 1. The van der Waals surface area contributed by atoms with Crippen molar-refractivity contribution < 1.29 is 9.90 Å². The van der Waals surface area contributed by atoms with Gasteiger partial charge >= 0.3 is 5.97 Å². The molecule has 3 nitrogen and oxygen atoms in total. The van der Waals surface area contributed by atoms with Crippen LogP contribution >= 0.6 is 38.9 Å². The van der Waals surface area contributed by atoms with Crippen LogP contribution in [0.5, 0.6) is 0 Å². The molecule has 0 aliphatic carbocycles. The lowest BCUT2D eigenvalue weighted by atomic mass is 10.1. The number of aromatic nitrogens is 1. The Hall–Kier alpha value is -0.910. The Kier molecular flexibility index (Phi) is 3.51. The van der Waals surface area contributed by atoms with Crippen molar-refractivity contribution in [1.82, 2.24) is 4.98 Å². The summed E-state index contributed by atoms with van der Waals surface area (Å²) in [6, 6.07) is 5.24. The minimum absolute atomic E-state index is 0.0792. The number of nitrogens with zero attached hydrogens (tertiary/aromatic N) is 1. The summed E-state index contributed by atoms with van der Waals surface area (Å²) in [6.07, 6.45) is 0. The zero-order valence-corrected chi connectivity index (χ0v) is 11.9. The predicted molar refractivity (Wildman–Crippen MR) is 72.0 cm³/mol. The van der Waals surface area contributed by atoms with Crippen LogP contribution in [-0.4, -0.2) is 16.1 Å². The molecule has 2 rings (SSSR count). The molecule has 0 radical (unpaired) electrons. The van der Waals surface area contributed by atoms with Gasteiger partial charge in [0.25, 0.3) is 0 Å². The summed E-state index contributed by atoms with van der Waals surface area (Å²) in [4.78, 5) is 15.7. The normalized spacial score (nSPS) is 10.5. The number of halogens is 2. The average molecular weight is 333 g/mol. The van der Waals surface area contributed by atoms with E-state index < -0.39 is 5.97 Å². The van der Waals surface area contributed by atoms with E-state index in [9.17, 15) is 4.79 Å². The molecule has 0 aliphatic heterocycles. The molecule has 88 valence electrons. The monoisotopic (exact) mass is 331 g/mol. The quantitative estimate of drug-likeness (QED) is 0.895. The number of carboxylic acids is 1. The Labute approximate surface area is 115 Å². The molecule has 17 heavy (non-hydrogen) atoms. The summed E-state index contributed by atoms with van der Waals surface area (Å²) >= 11 is 10.6. The molecule has 0 unspecified atom stereocenters. The van der Waals surface area contributed by atoms with Gasteiger partial charge in [-0.3, -0.25) is 0 Å². The highest BCUT2D eigenvalue weighted by Gasteiger charge is 2.19. The van der Waals surface area contributed by atoms with E-state index in [2.05, 4.69) is 20.9 Å². The van der Waals surface area contributed by atoms with Crippen LogP contribution < -0.4 is 0 Å². The number of aryl methyl sites for hydroxylation is 1. The van der Waals surface area contributed by atoms with E-state index in [0.29, 0.717) is 9.90 Å². The molecule has 1 heterocycles. The summed E-state index contributed by atoms with van der Waals surface area (Å²) in [5.41, 5.74) is 0.868. The first-order valence-electron chi connectivity index (χ1n) is 4.65. The van der Waals surface area contributed by atoms with E-state index in [1.54, 1.807) is 25.1 Å². The maximum absolute atomic E-state index is 11.1. The van der Waals surface area contributed by atoms with E-state index in [1.165, 1.54) is 11.3 Å². The lowest BCUT2D eigenvalue weighted by Crippen LogP contribution is -1.98. The Morgan fingerprint density at radius 1 is 1.53 bits per heavy atom. The van der Waals surface area contributed by atoms with Gasteiger partial charge in [-0.25, -0.2) is 9.78 Å². The number of rotatable bonds is 2. The summed E-state index contributed by atoms with van der Waals surface area (Å²) in [5, 5.41) is 10.4. The van der Waals surface area contributed by atoms with Gasteiger partial charge in [0.15, 0.2) is 5.69 Å². The number of benzene rings is 1. The molecule has 0 spiro atoms. The predicted octanol–water partition coefficient (Wildman–Crippen LogP) is 4.23. The first kappa shape index (κ1) is 12.5. The van der Waals surface area contributed by atoms with Crippen LogP contribution in [0.15, 0.2) is 22.7 Å². The number of hydrogen-bond donors (Lipinski definition) is 1. The average Bonchev–Trinajstić information content (AvgIpc) is 2.60. The van der Waals surface area contributed by atoms with Crippen molar-refractivity contribution in [3.8, 4) is 10.4 Å². The standard InChI is InChI=1S/C11H7BrClNO2S/c1-5-14-9(11(15)16)10(17-5)7-3-2-6(13)4-8(7)12/h2-4H,1H3,(H,15,16). The highest BCUT2D eigenvalue weighted by molar-refractivity contribution is 9.10. The van der Waals surface area contributed by atoms with Gasteiger partial charge in [0, 0.05) is 15.1 Å². The molecule has 0 amide bonds. The topological polar surface area (TPSA) is 50.2 Å². The third kappa shape index (κ3) is 2.51. The molecule has 0 aliphatic rings. The third-order valence-electron chi connectivity index (χ3n) is 2.11. The zero-order valence-electron chi connectivity index (χ0n) is 8.70. The third-order valence-corrected chi connectivity index (χ3v) is 4.01. The summed E-state index contributed by atoms with van der Waals surface area (Å²) in [6.45, 7) is 1.78. The summed E-state index contributed by atoms with van der Waals surface area (Å²) in [7, 11) is 0. The number of carbonyl (C=O) groups is 1.